The van der Waals surface area contributed by atoms with Crippen molar-refractivity contribution < 1.29 is 0 Å². The van der Waals surface area contributed by atoms with Crippen molar-refractivity contribution in [2.45, 2.75) is 110 Å². The fourth-order valence-corrected chi connectivity index (χ4v) is 4.50. The van der Waals surface area contributed by atoms with Crippen LogP contribution in [0.5, 0.6) is 0 Å². The third-order valence-corrected chi connectivity index (χ3v) is 6.19. The molecule has 2 heteroatoms. The first-order chi connectivity index (χ1) is 10.6. The predicted octanol–water partition coefficient (Wildman–Crippen LogP) is 7.43. The fraction of sp³-hybridized carbons (Fsp3) is 0.850. The van der Waals surface area contributed by atoms with E-state index in [-0.39, 0.29) is 0 Å². The third-order valence-electron chi connectivity index (χ3n) is 4.96. The van der Waals surface area contributed by atoms with Crippen LogP contribution in [0.25, 0.3) is 0 Å². The third kappa shape index (κ3) is 6.81. The van der Waals surface area contributed by atoms with Crippen LogP contribution < -0.4 is 0 Å². The molecule has 0 aliphatic rings. The Labute approximate surface area is 142 Å². The molecule has 0 aromatic carbocycles. The van der Waals surface area contributed by atoms with Gasteiger partial charge in [-0.25, -0.2) is 4.98 Å². The van der Waals surface area contributed by atoms with Crippen LogP contribution in [-0.4, -0.2) is 4.98 Å². The quantitative estimate of drug-likeness (QED) is 0.344. The highest BCUT2D eigenvalue weighted by atomic mass is 32.1. The first-order valence-electron chi connectivity index (χ1n) is 9.54. The van der Waals surface area contributed by atoms with Crippen molar-refractivity contribution >= 4 is 11.3 Å². The first kappa shape index (κ1) is 19.7. The molecule has 0 aliphatic heterocycles. The number of thiazole rings is 1. The molecule has 1 heterocycles. The second-order valence-electron chi connectivity index (χ2n) is 7.16. The SMILES string of the molecule is CCCCCCCC(C)(CCCCCCC)c1scnc1C. The lowest BCUT2D eigenvalue weighted by Gasteiger charge is -2.29. The molecule has 0 radical (unpaired) electrons. The molecule has 0 saturated carbocycles. The molecule has 0 fully saturated rings. The first-order valence-corrected chi connectivity index (χ1v) is 10.4. The lowest BCUT2D eigenvalue weighted by atomic mass is 9.78. The standard InChI is InChI=1S/C20H37NS/c1-5-7-9-11-13-15-20(4,16-14-12-10-8-6-2)19-18(3)21-17-22-19/h17H,5-16H2,1-4H3. The summed E-state index contributed by atoms with van der Waals surface area (Å²) in [5.74, 6) is 0. The van der Waals surface area contributed by atoms with Gasteiger partial charge in [0.25, 0.3) is 0 Å². The predicted molar refractivity (Wildman–Crippen MR) is 101 cm³/mol. The number of aromatic nitrogens is 1. The zero-order valence-corrected chi connectivity index (χ0v) is 16.2. The molecule has 0 N–H and O–H groups in total. The smallest absolute Gasteiger partial charge is 0.0797 e. The summed E-state index contributed by atoms with van der Waals surface area (Å²) < 4.78 is 0. The summed E-state index contributed by atoms with van der Waals surface area (Å²) in [5, 5.41) is 0. The van der Waals surface area contributed by atoms with Gasteiger partial charge in [-0.15, -0.1) is 11.3 Å². The molecule has 1 aromatic rings. The van der Waals surface area contributed by atoms with Gasteiger partial charge in [-0.2, -0.15) is 0 Å². The van der Waals surface area contributed by atoms with Crippen LogP contribution in [0.4, 0.5) is 0 Å². The normalized spacial score (nSPS) is 12.0. The van der Waals surface area contributed by atoms with E-state index < -0.39 is 0 Å². The van der Waals surface area contributed by atoms with Crippen LogP contribution in [-0.2, 0) is 5.41 Å². The Morgan fingerprint density at radius 3 is 1.77 bits per heavy atom. The molecule has 0 bridgehead atoms. The van der Waals surface area contributed by atoms with Crippen molar-refractivity contribution in [2.24, 2.45) is 0 Å². The number of unbranched alkanes of at least 4 members (excludes halogenated alkanes) is 8. The number of nitrogens with zero attached hydrogens (tertiary/aromatic N) is 1. The van der Waals surface area contributed by atoms with Gasteiger partial charge in [0, 0.05) is 10.3 Å². The Morgan fingerprint density at radius 2 is 1.36 bits per heavy atom. The summed E-state index contributed by atoms with van der Waals surface area (Å²) in [6, 6.07) is 0. The average Bonchev–Trinajstić information content (AvgIpc) is 2.94. The molecule has 1 nitrogen and oxygen atoms in total. The zero-order chi connectivity index (χ0) is 16.3. The second-order valence-corrected chi connectivity index (χ2v) is 8.01. The summed E-state index contributed by atoms with van der Waals surface area (Å²) >= 11 is 1.88. The highest BCUT2D eigenvalue weighted by Crippen LogP contribution is 2.39. The van der Waals surface area contributed by atoms with Crippen molar-refractivity contribution in [1.29, 1.82) is 0 Å². The minimum Gasteiger partial charge on any atom is -0.250 e. The molecule has 1 rings (SSSR count). The molecule has 1 aromatic heterocycles. The van der Waals surface area contributed by atoms with Crippen LogP contribution in [0.15, 0.2) is 5.51 Å². The van der Waals surface area contributed by atoms with E-state index in [0.29, 0.717) is 5.41 Å². The van der Waals surface area contributed by atoms with Gasteiger partial charge < -0.3 is 0 Å². The molecule has 22 heavy (non-hydrogen) atoms. The molecule has 0 spiro atoms. The molecule has 128 valence electrons. The molecular formula is C20H37NS. The molecule has 0 amide bonds. The van der Waals surface area contributed by atoms with Gasteiger partial charge in [0.05, 0.1) is 11.2 Å². The molecule has 0 aliphatic carbocycles. The molecular weight excluding hydrogens is 286 g/mol. The summed E-state index contributed by atoms with van der Waals surface area (Å²) in [6.07, 6.45) is 16.5. The van der Waals surface area contributed by atoms with Crippen LogP contribution in [0, 0.1) is 6.92 Å². The maximum Gasteiger partial charge on any atom is 0.0797 e. The lowest BCUT2D eigenvalue weighted by molar-refractivity contribution is 0.367. The lowest BCUT2D eigenvalue weighted by Crippen LogP contribution is -2.22. The van der Waals surface area contributed by atoms with Gasteiger partial charge in [0.15, 0.2) is 0 Å². The Balaban J connectivity index is 2.51. The van der Waals surface area contributed by atoms with E-state index in [2.05, 4.69) is 32.7 Å². The Morgan fingerprint density at radius 1 is 0.864 bits per heavy atom. The van der Waals surface area contributed by atoms with E-state index in [9.17, 15) is 0 Å². The van der Waals surface area contributed by atoms with E-state index in [0.717, 1.165) is 0 Å². The average molecular weight is 324 g/mol. The van der Waals surface area contributed by atoms with E-state index >= 15 is 0 Å². The topological polar surface area (TPSA) is 12.9 Å². The Bertz CT molecular complexity index is 369. The summed E-state index contributed by atoms with van der Waals surface area (Å²) in [6.45, 7) is 9.27. The highest BCUT2D eigenvalue weighted by Gasteiger charge is 2.29. The largest absolute Gasteiger partial charge is 0.250 e. The van der Waals surface area contributed by atoms with Gasteiger partial charge in [-0.1, -0.05) is 85.0 Å². The van der Waals surface area contributed by atoms with Crippen LogP contribution in [0.2, 0.25) is 0 Å². The van der Waals surface area contributed by atoms with E-state index in [1.54, 1.807) is 4.88 Å². The monoisotopic (exact) mass is 323 g/mol. The number of aryl methyl sites for hydroxylation is 1. The van der Waals surface area contributed by atoms with E-state index in [1.165, 1.54) is 82.7 Å². The second kappa shape index (κ2) is 11.2. The van der Waals surface area contributed by atoms with Crippen LogP contribution >= 0.6 is 11.3 Å². The van der Waals surface area contributed by atoms with Gasteiger partial charge >= 0.3 is 0 Å². The highest BCUT2D eigenvalue weighted by molar-refractivity contribution is 7.09. The van der Waals surface area contributed by atoms with Crippen molar-refractivity contribution in [2.75, 3.05) is 0 Å². The van der Waals surface area contributed by atoms with E-state index in [4.69, 9.17) is 0 Å². The summed E-state index contributed by atoms with van der Waals surface area (Å²) in [7, 11) is 0. The summed E-state index contributed by atoms with van der Waals surface area (Å²) in [4.78, 5) is 6.07. The van der Waals surface area contributed by atoms with Crippen molar-refractivity contribution in [3.63, 3.8) is 0 Å². The molecule has 0 atom stereocenters. The summed E-state index contributed by atoms with van der Waals surface area (Å²) in [5.41, 5.74) is 3.68. The zero-order valence-electron chi connectivity index (χ0n) is 15.4. The number of hydrogen-bond acceptors (Lipinski definition) is 2. The Kier molecular flexibility index (Phi) is 10.0. The van der Waals surface area contributed by atoms with Crippen LogP contribution in [0.3, 0.4) is 0 Å². The number of rotatable bonds is 13. The van der Waals surface area contributed by atoms with Crippen LogP contribution in [0.1, 0.15) is 108 Å². The minimum absolute atomic E-state index is 0.365. The Hall–Kier alpha value is -0.370. The van der Waals surface area contributed by atoms with E-state index in [1.807, 2.05) is 16.8 Å². The van der Waals surface area contributed by atoms with Gasteiger partial charge in [0.1, 0.15) is 0 Å². The number of hydrogen-bond donors (Lipinski definition) is 0. The van der Waals surface area contributed by atoms with Gasteiger partial charge in [-0.3, -0.25) is 0 Å². The molecule has 0 unspecified atom stereocenters. The van der Waals surface area contributed by atoms with Crippen molar-refractivity contribution in [1.82, 2.24) is 4.98 Å². The fourth-order valence-electron chi connectivity index (χ4n) is 3.47. The van der Waals surface area contributed by atoms with Gasteiger partial charge in [0.2, 0.25) is 0 Å². The van der Waals surface area contributed by atoms with Gasteiger partial charge in [-0.05, 0) is 19.8 Å². The maximum atomic E-state index is 4.52. The maximum absolute atomic E-state index is 4.52. The molecule has 0 saturated heterocycles. The minimum atomic E-state index is 0.365. The van der Waals surface area contributed by atoms with Crippen molar-refractivity contribution in [3.05, 3.63) is 16.1 Å². The van der Waals surface area contributed by atoms with Crippen molar-refractivity contribution in [3.8, 4) is 0 Å².